The van der Waals surface area contributed by atoms with Gasteiger partial charge in [0.2, 0.25) is 5.91 Å². The minimum atomic E-state index is -3.84. The van der Waals surface area contributed by atoms with Crippen molar-refractivity contribution in [2.24, 2.45) is 0 Å². The molecule has 50 heavy (non-hydrogen) atoms. The lowest BCUT2D eigenvalue weighted by Crippen LogP contribution is -2.30. The van der Waals surface area contributed by atoms with Crippen molar-refractivity contribution in [2.45, 2.75) is 30.1 Å². The highest BCUT2D eigenvalue weighted by molar-refractivity contribution is 7.92. The van der Waals surface area contributed by atoms with Gasteiger partial charge in [0.25, 0.3) is 10.0 Å². The Morgan fingerprint density at radius 2 is 1.28 bits per heavy atom. The first-order chi connectivity index (χ1) is 24.4. The summed E-state index contributed by atoms with van der Waals surface area (Å²) in [6, 6.07) is 45.0. The summed E-state index contributed by atoms with van der Waals surface area (Å²) >= 11 is 1.07. The normalized spacial score (nSPS) is 11.1. The molecule has 0 aliphatic heterocycles. The Kier molecular flexibility index (Phi) is 11.6. The highest BCUT2D eigenvalue weighted by atomic mass is 32.2. The molecule has 0 bridgehead atoms. The summed E-state index contributed by atoms with van der Waals surface area (Å²) in [5.41, 5.74) is 6.27. The van der Waals surface area contributed by atoms with E-state index in [1.54, 1.807) is 11.4 Å². The fraction of sp³-hybridized carbons (Fsp3) is 0.146. The molecule has 1 N–H and O–H groups in total. The van der Waals surface area contributed by atoms with Gasteiger partial charge in [-0.05, 0) is 87.6 Å². The van der Waals surface area contributed by atoms with E-state index >= 15 is 0 Å². The van der Waals surface area contributed by atoms with Gasteiger partial charge in [-0.2, -0.15) is 0 Å². The molecule has 0 atom stereocenters. The average molecular weight is 704 g/mol. The summed E-state index contributed by atoms with van der Waals surface area (Å²) in [6.45, 7) is 1.46. The molecular formula is C41H37NO6S2. The first-order valence-corrected chi connectivity index (χ1v) is 18.7. The molecule has 1 heterocycles. The van der Waals surface area contributed by atoms with E-state index in [0.717, 1.165) is 56.4 Å². The monoisotopic (exact) mass is 703 g/mol. The van der Waals surface area contributed by atoms with Crippen molar-refractivity contribution in [2.75, 3.05) is 13.2 Å². The van der Waals surface area contributed by atoms with E-state index in [2.05, 4.69) is 29.0 Å². The van der Waals surface area contributed by atoms with Gasteiger partial charge < -0.3 is 14.2 Å². The first-order valence-electron chi connectivity index (χ1n) is 16.3. The Labute approximate surface area is 297 Å². The third-order valence-corrected chi connectivity index (χ3v) is 10.7. The number of sulfonamides is 1. The summed E-state index contributed by atoms with van der Waals surface area (Å²) in [7, 11) is -3.84. The molecule has 0 aliphatic rings. The van der Waals surface area contributed by atoms with Gasteiger partial charge in [0.05, 0.1) is 13.2 Å². The fourth-order valence-corrected chi connectivity index (χ4v) is 7.38. The van der Waals surface area contributed by atoms with E-state index in [-0.39, 0.29) is 10.6 Å². The van der Waals surface area contributed by atoms with E-state index in [1.807, 2.05) is 103 Å². The summed E-state index contributed by atoms with van der Waals surface area (Å²) in [5, 5.41) is 1.66. The second kappa shape index (κ2) is 16.8. The number of thiophene rings is 1. The maximum atomic E-state index is 12.5. The predicted molar refractivity (Wildman–Crippen MR) is 198 cm³/mol. The van der Waals surface area contributed by atoms with Crippen LogP contribution in [0.3, 0.4) is 0 Å². The molecule has 0 saturated carbocycles. The number of nitrogens with one attached hydrogen (secondary N) is 1. The van der Waals surface area contributed by atoms with Gasteiger partial charge in [0, 0.05) is 12.8 Å². The fourth-order valence-electron chi connectivity index (χ4n) is 5.37. The molecule has 0 saturated heterocycles. The van der Waals surface area contributed by atoms with E-state index < -0.39 is 15.9 Å². The molecular weight excluding hydrogens is 667 g/mol. The molecule has 6 rings (SSSR count). The Morgan fingerprint density at radius 1 is 0.620 bits per heavy atom. The van der Waals surface area contributed by atoms with Gasteiger partial charge in [0.1, 0.15) is 28.1 Å². The summed E-state index contributed by atoms with van der Waals surface area (Å²) < 4.78 is 45.0. The van der Waals surface area contributed by atoms with Crippen LogP contribution in [-0.4, -0.2) is 27.5 Å². The van der Waals surface area contributed by atoms with Crippen LogP contribution in [0.15, 0.2) is 149 Å². The molecule has 254 valence electrons. The van der Waals surface area contributed by atoms with Crippen LogP contribution in [0.2, 0.25) is 0 Å². The van der Waals surface area contributed by atoms with Crippen LogP contribution in [0.25, 0.3) is 22.3 Å². The van der Waals surface area contributed by atoms with Crippen LogP contribution >= 0.6 is 11.3 Å². The van der Waals surface area contributed by atoms with Crippen LogP contribution in [-0.2, 0) is 27.8 Å². The number of carbonyl (C=O) groups is 1. The van der Waals surface area contributed by atoms with E-state index in [4.69, 9.17) is 14.2 Å². The molecule has 0 radical (unpaired) electrons. The SMILES string of the molecule is O=C(CCc1ccccc1-c1ccc(OCCCOc2cccc(COc3ccc(-c4ccccc4)cc3)c2)cc1)NS(=O)(=O)c1cccs1. The molecule has 5 aromatic carbocycles. The van der Waals surface area contributed by atoms with Crippen LogP contribution in [0.1, 0.15) is 24.0 Å². The van der Waals surface area contributed by atoms with Crippen molar-refractivity contribution in [3.63, 3.8) is 0 Å². The highest BCUT2D eigenvalue weighted by Crippen LogP contribution is 2.27. The van der Waals surface area contributed by atoms with Crippen molar-refractivity contribution in [1.82, 2.24) is 4.72 Å². The number of rotatable bonds is 16. The molecule has 0 aliphatic carbocycles. The maximum absolute atomic E-state index is 12.5. The zero-order chi connectivity index (χ0) is 34.6. The minimum Gasteiger partial charge on any atom is -0.493 e. The van der Waals surface area contributed by atoms with E-state index in [1.165, 1.54) is 11.6 Å². The second-order valence-electron chi connectivity index (χ2n) is 11.5. The third kappa shape index (κ3) is 9.62. The van der Waals surface area contributed by atoms with Crippen LogP contribution < -0.4 is 18.9 Å². The van der Waals surface area contributed by atoms with Gasteiger partial charge in [-0.3, -0.25) is 4.79 Å². The van der Waals surface area contributed by atoms with Crippen molar-refractivity contribution in [3.8, 4) is 39.5 Å². The molecule has 0 spiro atoms. The van der Waals surface area contributed by atoms with Gasteiger partial charge in [-0.1, -0.05) is 97.1 Å². The number of amides is 1. The Balaban J connectivity index is 0.925. The van der Waals surface area contributed by atoms with Crippen molar-refractivity contribution >= 4 is 27.3 Å². The number of carbonyl (C=O) groups excluding carboxylic acids is 1. The van der Waals surface area contributed by atoms with Crippen LogP contribution in [0.4, 0.5) is 0 Å². The Hall–Kier alpha value is -5.38. The lowest BCUT2D eigenvalue weighted by Gasteiger charge is -2.12. The van der Waals surface area contributed by atoms with Gasteiger partial charge >= 0.3 is 0 Å². The molecule has 9 heteroatoms. The second-order valence-corrected chi connectivity index (χ2v) is 14.4. The first kappa shape index (κ1) is 34.5. The largest absolute Gasteiger partial charge is 0.493 e. The lowest BCUT2D eigenvalue weighted by molar-refractivity contribution is -0.119. The van der Waals surface area contributed by atoms with Gasteiger partial charge in [-0.25, -0.2) is 13.1 Å². The quantitative estimate of drug-likeness (QED) is 0.101. The summed E-state index contributed by atoms with van der Waals surface area (Å²) in [5.74, 6) is 1.81. The van der Waals surface area contributed by atoms with Crippen LogP contribution in [0.5, 0.6) is 17.2 Å². The topological polar surface area (TPSA) is 90.9 Å². The molecule has 6 aromatic rings. The van der Waals surface area contributed by atoms with E-state index in [9.17, 15) is 13.2 Å². The van der Waals surface area contributed by atoms with E-state index in [0.29, 0.717) is 32.7 Å². The number of ether oxygens (including phenoxy) is 3. The number of aryl methyl sites for hydroxylation is 1. The zero-order valence-corrected chi connectivity index (χ0v) is 29.0. The number of hydrogen-bond acceptors (Lipinski definition) is 7. The summed E-state index contributed by atoms with van der Waals surface area (Å²) in [4.78, 5) is 12.5. The number of hydrogen-bond donors (Lipinski definition) is 1. The highest BCUT2D eigenvalue weighted by Gasteiger charge is 2.18. The van der Waals surface area contributed by atoms with Crippen molar-refractivity contribution < 1.29 is 27.4 Å². The smallest absolute Gasteiger partial charge is 0.273 e. The van der Waals surface area contributed by atoms with Crippen molar-refractivity contribution in [3.05, 3.63) is 156 Å². The van der Waals surface area contributed by atoms with Gasteiger partial charge in [0.15, 0.2) is 0 Å². The lowest BCUT2D eigenvalue weighted by atomic mass is 9.96. The molecule has 7 nitrogen and oxygen atoms in total. The predicted octanol–water partition coefficient (Wildman–Crippen LogP) is 8.95. The van der Waals surface area contributed by atoms with Gasteiger partial charge in [-0.15, -0.1) is 11.3 Å². The summed E-state index contributed by atoms with van der Waals surface area (Å²) in [6.07, 6.45) is 1.16. The zero-order valence-electron chi connectivity index (χ0n) is 27.4. The Bertz CT molecular complexity index is 2080. The maximum Gasteiger partial charge on any atom is 0.273 e. The standard InChI is InChI=1S/C41H37NO6S2/c43-40(42-50(44,45)41-15-7-28-49-41)25-20-34-12-4-5-14-39(34)35-18-23-36(24-19-35)46-26-8-27-47-38-13-6-9-31(29-38)30-48-37-21-16-33(17-22-37)32-10-2-1-3-11-32/h1-7,9-19,21-24,28-29H,8,20,25-27,30H2,(H,42,43). The average Bonchev–Trinajstić information content (AvgIpc) is 3.71. The van der Waals surface area contributed by atoms with Crippen molar-refractivity contribution in [1.29, 1.82) is 0 Å². The molecule has 1 amide bonds. The Morgan fingerprint density at radius 3 is 2.02 bits per heavy atom. The number of benzene rings is 5. The minimum absolute atomic E-state index is 0.0485. The molecule has 0 unspecified atom stereocenters. The van der Waals surface area contributed by atoms with Crippen LogP contribution in [0, 0.1) is 0 Å². The molecule has 1 aromatic heterocycles. The molecule has 0 fully saturated rings. The third-order valence-electron chi connectivity index (χ3n) is 7.90.